The molecule has 3 nitrogen and oxygen atoms in total. The van der Waals surface area contributed by atoms with Gasteiger partial charge in [-0.05, 0) is 12.2 Å². The molecule has 0 spiro atoms. The Morgan fingerprint density at radius 2 is 2.50 bits per heavy atom. The SMILES string of the molecule is O=CN1C=CC=C2N=CCC=C21. The molecule has 0 saturated carbocycles. The molecule has 2 aliphatic heterocycles. The highest BCUT2D eigenvalue weighted by molar-refractivity contribution is 5.69. The number of aliphatic imine (C=N–C) groups is 1. The van der Waals surface area contributed by atoms with Gasteiger partial charge in [0.15, 0.2) is 0 Å². The van der Waals surface area contributed by atoms with Crippen LogP contribution in [0.25, 0.3) is 0 Å². The molecule has 0 aromatic rings. The Bertz CT molecular complexity index is 323. The van der Waals surface area contributed by atoms with E-state index in [9.17, 15) is 4.79 Å². The van der Waals surface area contributed by atoms with Crippen molar-refractivity contribution in [1.29, 1.82) is 0 Å². The van der Waals surface area contributed by atoms with Gasteiger partial charge >= 0.3 is 0 Å². The molecule has 0 unspecified atom stereocenters. The van der Waals surface area contributed by atoms with E-state index >= 15 is 0 Å². The van der Waals surface area contributed by atoms with Gasteiger partial charge in [0.05, 0.1) is 11.4 Å². The third-order valence-electron chi connectivity index (χ3n) is 1.80. The van der Waals surface area contributed by atoms with Crippen LogP contribution in [0.3, 0.4) is 0 Å². The minimum atomic E-state index is 0.788. The summed E-state index contributed by atoms with van der Waals surface area (Å²) in [7, 11) is 0. The molecule has 2 aliphatic rings. The summed E-state index contributed by atoms with van der Waals surface area (Å²) in [6.07, 6.45) is 10.8. The second-order valence-electron chi connectivity index (χ2n) is 2.54. The summed E-state index contributed by atoms with van der Waals surface area (Å²) in [5.74, 6) is 0. The number of dihydropyridines is 1. The van der Waals surface area contributed by atoms with Crippen molar-refractivity contribution in [1.82, 2.24) is 4.90 Å². The van der Waals surface area contributed by atoms with Gasteiger partial charge in [-0.1, -0.05) is 6.08 Å². The lowest BCUT2D eigenvalue weighted by atomic mass is 10.1. The lowest BCUT2D eigenvalue weighted by Gasteiger charge is -2.21. The Kier molecular flexibility index (Phi) is 1.63. The van der Waals surface area contributed by atoms with Crippen molar-refractivity contribution in [2.75, 3.05) is 0 Å². The van der Waals surface area contributed by atoms with Crippen LogP contribution in [-0.2, 0) is 4.79 Å². The Labute approximate surface area is 70.4 Å². The smallest absolute Gasteiger partial charge is 0.218 e. The first-order valence-electron chi connectivity index (χ1n) is 3.77. The van der Waals surface area contributed by atoms with Crippen LogP contribution in [0.5, 0.6) is 0 Å². The standard InChI is InChI=1S/C9H8N2O/c12-7-11-6-2-3-8-9(11)4-1-5-10-8/h2-7H,1H2. The van der Waals surface area contributed by atoms with Crippen LogP contribution in [0.1, 0.15) is 6.42 Å². The second-order valence-corrected chi connectivity index (χ2v) is 2.54. The summed E-state index contributed by atoms with van der Waals surface area (Å²) in [4.78, 5) is 16.3. The Hall–Kier alpha value is -1.64. The maximum absolute atomic E-state index is 10.6. The predicted molar refractivity (Wildman–Crippen MR) is 46.3 cm³/mol. The average molecular weight is 160 g/mol. The Morgan fingerprint density at radius 1 is 1.58 bits per heavy atom. The summed E-state index contributed by atoms with van der Waals surface area (Å²) in [6.45, 7) is 0. The molecular weight excluding hydrogens is 152 g/mol. The number of carbonyl (C=O) groups excluding carboxylic acids is 1. The zero-order valence-electron chi connectivity index (χ0n) is 6.47. The molecule has 2 heterocycles. The third kappa shape index (κ3) is 0.993. The first-order valence-corrected chi connectivity index (χ1v) is 3.77. The van der Waals surface area contributed by atoms with Gasteiger partial charge in [-0.3, -0.25) is 14.7 Å². The molecule has 0 fully saturated rings. The highest BCUT2D eigenvalue weighted by Crippen LogP contribution is 2.22. The lowest BCUT2D eigenvalue weighted by Crippen LogP contribution is -2.18. The largest absolute Gasteiger partial charge is 0.289 e. The molecule has 60 valence electrons. The number of hydrogen-bond acceptors (Lipinski definition) is 2. The fraction of sp³-hybridized carbons (Fsp3) is 0.111. The number of rotatable bonds is 1. The van der Waals surface area contributed by atoms with Gasteiger partial charge in [0.25, 0.3) is 0 Å². The van der Waals surface area contributed by atoms with Gasteiger partial charge < -0.3 is 0 Å². The van der Waals surface area contributed by atoms with Crippen molar-refractivity contribution in [3.63, 3.8) is 0 Å². The van der Waals surface area contributed by atoms with Gasteiger partial charge in [-0.15, -0.1) is 0 Å². The molecule has 0 bridgehead atoms. The van der Waals surface area contributed by atoms with Crippen LogP contribution in [0.4, 0.5) is 0 Å². The normalized spacial score (nSPS) is 19.8. The number of fused-ring (bicyclic) bond motifs is 1. The number of carbonyl (C=O) groups is 1. The van der Waals surface area contributed by atoms with Crippen molar-refractivity contribution < 1.29 is 4.79 Å². The van der Waals surface area contributed by atoms with E-state index in [2.05, 4.69) is 4.99 Å². The van der Waals surface area contributed by atoms with Crippen LogP contribution >= 0.6 is 0 Å². The van der Waals surface area contributed by atoms with Gasteiger partial charge in [0.2, 0.25) is 6.41 Å². The van der Waals surface area contributed by atoms with Crippen molar-refractivity contribution >= 4 is 12.6 Å². The monoisotopic (exact) mass is 160 g/mol. The second kappa shape index (κ2) is 2.77. The molecule has 0 aromatic heterocycles. The Balaban J connectivity index is 2.39. The minimum absolute atomic E-state index is 0.788. The molecule has 1 amide bonds. The first-order chi connectivity index (χ1) is 5.92. The van der Waals surface area contributed by atoms with E-state index < -0.39 is 0 Å². The van der Waals surface area contributed by atoms with E-state index in [1.165, 1.54) is 4.90 Å². The van der Waals surface area contributed by atoms with Crippen LogP contribution < -0.4 is 0 Å². The molecule has 2 rings (SSSR count). The fourth-order valence-corrected chi connectivity index (χ4v) is 1.25. The zero-order valence-corrected chi connectivity index (χ0v) is 6.47. The minimum Gasteiger partial charge on any atom is -0.289 e. The lowest BCUT2D eigenvalue weighted by molar-refractivity contribution is -0.114. The van der Waals surface area contributed by atoms with Gasteiger partial charge in [0.1, 0.15) is 0 Å². The molecule has 0 aromatic carbocycles. The zero-order chi connectivity index (χ0) is 8.39. The summed E-state index contributed by atoms with van der Waals surface area (Å²) in [5.41, 5.74) is 1.74. The Morgan fingerprint density at radius 3 is 3.33 bits per heavy atom. The van der Waals surface area contributed by atoms with Crippen LogP contribution in [0, 0.1) is 0 Å². The molecule has 0 N–H and O–H groups in total. The summed E-state index contributed by atoms with van der Waals surface area (Å²) < 4.78 is 0. The number of nitrogens with zero attached hydrogens (tertiary/aromatic N) is 2. The van der Waals surface area contributed by atoms with Crippen molar-refractivity contribution in [2.45, 2.75) is 6.42 Å². The van der Waals surface area contributed by atoms with Crippen LogP contribution in [0.2, 0.25) is 0 Å². The molecule has 0 saturated heterocycles. The van der Waals surface area contributed by atoms with E-state index in [1.807, 2.05) is 24.4 Å². The van der Waals surface area contributed by atoms with Crippen molar-refractivity contribution in [2.24, 2.45) is 4.99 Å². The number of allylic oxidation sites excluding steroid dienone is 3. The average Bonchev–Trinajstić information content (AvgIpc) is 2.17. The van der Waals surface area contributed by atoms with Gasteiger partial charge in [-0.2, -0.15) is 0 Å². The first kappa shape index (κ1) is 7.03. The maximum atomic E-state index is 10.6. The highest BCUT2D eigenvalue weighted by atomic mass is 16.1. The number of amides is 1. The quantitative estimate of drug-likeness (QED) is 0.531. The van der Waals surface area contributed by atoms with E-state index in [-0.39, 0.29) is 0 Å². The van der Waals surface area contributed by atoms with E-state index in [4.69, 9.17) is 0 Å². The summed E-state index contributed by atoms with van der Waals surface area (Å²) in [6, 6.07) is 0. The van der Waals surface area contributed by atoms with Crippen LogP contribution in [0.15, 0.2) is 40.8 Å². The van der Waals surface area contributed by atoms with Crippen molar-refractivity contribution in [3.8, 4) is 0 Å². The van der Waals surface area contributed by atoms with Crippen molar-refractivity contribution in [3.05, 3.63) is 35.8 Å². The van der Waals surface area contributed by atoms with E-state index in [0.29, 0.717) is 0 Å². The summed E-state index contributed by atoms with van der Waals surface area (Å²) in [5, 5.41) is 0. The third-order valence-corrected chi connectivity index (χ3v) is 1.80. The molecule has 0 atom stereocenters. The molecule has 0 aliphatic carbocycles. The van der Waals surface area contributed by atoms with E-state index in [1.54, 1.807) is 6.20 Å². The molecular formula is C9H8N2O. The van der Waals surface area contributed by atoms with Gasteiger partial charge in [-0.25, -0.2) is 0 Å². The van der Waals surface area contributed by atoms with E-state index in [0.717, 1.165) is 24.2 Å². The molecule has 12 heavy (non-hydrogen) atoms. The highest BCUT2D eigenvalue weighted by Gasteiger charge is 2.14. The molecule has 0 radical (unpaired) electrons. The molecule has 3 heteroatoms. The topological polar surface area (TPSA) is 32.7 Å². The number of hydrogen-bond donors (Lipinski definition) is 0. The maximum Gasteiger partial charge on any atom is 0.218 e. The predicted octanol–water partition coefficient (Wildman–Crippen LogP) is 1.21. The van der Waals surface area contributed by atoms with Crippen LogP contribution in [-0.4, -0.2) is 17.5 Å². The van der Waals surface area contributed by atoms with Gasteiger partial charge in [0, 0.05) is 18.8 Å². The summed E-state index contributed by atoms with van der Waals surface area (Å²) >= 11 is 0. The fourth-order valence-electron chi connectivity index (χ4n) is 1.25.